The van der Waals surface area contributed by atoms with Crippen molar-refractivity contribution in [1.29, 1.82) is 0 Å². The lowest BCUT2D eigenvalue weighted by atomic mass is 10.1. The quantitative estimate of drug-likeness (QED) is 0.315. The van der Waals surface area contributed by atoms with Crippen molar-refractivity contribution >= 4 is 34.4 Å². The lowest BCUT2D eigenvalue weighted by Crippen LogP contribution is -2.40. The second-order valence-corrected chi connectivity index (χ2v) is 10.1. The van der Waals surface area contributed by atoms with Crippen LogP contribution in [0, 0.1) is 5.92 Å². The van der Waals surface area contributed by atoms with Crippen molar-refractivity contribution in [3.8, 4) is 11.5 Å². The van der Waals surface area contributed by atoms with Gasteiger partial charge in [-0.3, -0.25) is 13.9 Å². The van der Waals surface area contributed by atoms with Crippen LogP contribution >= 0.6 is 11.6 Å². The Kier molecular flexibility index (Phi) is 6.04. The molecule has 3 heterocycles. The van der Waals surface area contributed by atoms with Crippen molar-refractivity contribution in [2.45, 2.75) is 20.0 Å². The number of para-hydroxylation sites is 1. The third kappa shape index (κ3) is 4.16. The van der Waals surface area contributed by atoms with E-state index in [1.54, 1.807) is 13.1 Å². The van der Waals surface area contributed by atoms with Gasteiger partial charge in [0.1, 0.15) is 11.5 Å². The van der Waals surface area contributed by atoms with Crippen molar-refractivity contribution in [2.75, 3.05) is 11.4 Å². The number of imidazole rings is 1. The molecule has 8 nitrogen and oxygen atoms in total. The van der Waals surface area contributed by atoms with Gasteiger partial charge in [0.05, 0.1) is 6.54 Å². The van der Waals surface area contributed by atoms with Gasteiger partial charge in [-0.1, -0.05) is 54.9 Å². The van der Waals surface area contributed by atoms with Crippen molar-refractivity contribution in [1.82, 2.24) is 18.7 Å². The van der Waals surface area contributed by atoms with Gasteiger partial charge in [0.25, 0.3) is 5.56 Å². The van der Waals surface area contributed by atoms with Gasteiger partial charge in [-0.15, -0.1) is 0 Å². The molecule has 0 saturated carbocycles. The molecule has 1 atom stereocenters. The van der Waals surface area contributed by atoms with Gasteiger partial charge in [-0.05, 0) is 53.9 Å². The number of aryl methyl sites for hydroxylation is 1. The van der Waals surface area contributed by atoms with Crippen LogP contribution in [-0.2, 0) is 20.1 Å². The molecule has 192 valence electrons. The van der Waals surface area contributed by atoms with Crippen LogP contribution in [0.4, 0.5) is 11.6 Å². The summed E-state index contributed by atoms with van der Waals surface area (Å²) >= 11 is 6.34. The fourth-order valence-corrected chi connectivity index (χ4v) is 5.17. The maximum Gasteiger partial charge on any atom is 0.332 e. The fraction of sp³-hybridized carbons (Fsp3) is 0.207. The first-order valence-electron chi connectivity index (χ1n) is 12.4. The highest BCUT2D eigenvalue weighted by Gasteiger charge is 2.30. The molecule has 0 aliphatic carbocycles. The number of fused-ring (bicyclic) bond motifs is 3. The van der Waals surface area contributed by atoms with Crippen molar-refractivity contribution in [3.63, 3.8) is 0 Å². The van der Waals surface area contributed by atoms with Crippen LogP contribution in [0.3, 0.4) is 0 Å². The zero-order valence-electron chi connectivity index (χ0n) is 21.0. The summed E-state index contributed by atoms with van der Waals surface area (Å²) in [5, 5.41) is 0.511. The molecule has 0 fully saturated rings. The zero-order valence-corrected chi connectivity index (χ0v) is 21.8. The fourth-order valence-electron chi connectivity index (χ4n) is 4.98. The smallest absolute Gasteiger partial charge is 0.332 e. The van der Waals surface area contributed by atoms with Gasteiger partial charge < -0.3 is 14.2 Å². The predicted molar refractivity (Wildman–Crippen MR) is 149 cm³/mol. The Morgan fingerprint density at radius 3 is 2.34 bits per heavy atom. The number of benzene rings is 3. The average molecular weight is 528 g/mol. The molecule has 1 aliphatic heterocycles. The molecule has 2 aromatic heterocycles. The van der Waals surface area contributed by atoms with Crippen LogP contribution in [0.15, 0.2) is 88.5 Å². The van der Waals surface area contributed by atoms with E-state index in [9.17, 15) is 9.59 Å². The molecule has 0 radical (unpaired) electrons. The van der Waals surface area contributed by atoms with E-state index in [0.717, 1.165) is 23.7 Å². The molecule has 5 aromatic rings. The largest absolute Gasteiger partial charge is 0.457 e. The highest BCUT2D eigenvalue weighted by Crippen LogP contribution is 2.34. The molecular formula is C29H26ClN5O3. The van der Waals surface area contributed by atoms with E-state index >= 15 is 0 Å². The lowest BCUT2D eigenvalue weighted by Gasteiger charge is -2.33. The molecule has 0 N–H and O–H groups in total. The minimum Gasteiger partial charge on any atom is -0.457 e. The molecule has 9 heteroatoms. The number of ether oxygens (including phenoxy) is 1. The second-order valence-electron chi connectivity index (χ2n) is 9.64. The predicted octanol–water partition coefficient (Wildman–Crippen LogP) is 5.18. The second kappa shape index (κ2) is 9.54. The van der Waals surface area contributed by atoms with Gasteiger partial charge in [-0.2, -0.15) is 4.98 Å². The first kappa shape index (κ1) is 24.1. The molecule has 0 unspecified atom stereocenters. The highest BCUT2D eigenvalue weighted by atomic mass is 35.5. The van der Waals surface area contributed by atoms with Crippen molar-refractivity contribution < 1.29 is 4.74 Å². The Morgan fingerprint density at radius 2 is 1.61 bits per heavy atom. The van der Waals surface area contributed by atoms with Crippen LogP contribution in [0.2, 0.25) is 5.02 Å². The summed E-state index contributed by atoms with van der Waals surface area (Å²) in [6, 6.07) is 24.6. The Balaban J connectivity index is 1.42. The summed E-state index contributed by atoms with van der Waals surface area (Å²) in [5.74, 6) is 2.37. The van der Waals surface area contributed by atoms with Crippen molar-refractivity contribution in [3.05, 3.63) is 110 Å². The van der Waals surface area contributed by atoms with E-state index in [4.69, 9.17) is 21.3 Å². The number of rotatable bonds is 5. The summed E-state index contributed by atoms with van der Waals surface area (Å²) in [4.78, 5) is 33.9. The van der Waals surface area contributed by atoms with E-state index in [1.165, 1.54) is 9.13 Å². The molecule has 6 rings (SSSR count). The Hall–Kier alpha value is -4.30. The topological polar surface area (TPSA) is 74.3 Å². The third-order valence-electron chi connectivity index (χ3n) is 6.86. The van der Waals surface area contributed by atoms with Gasteiger partial charge >= 0.3 is 5.69 Å². The third-order valence-corrected chi connectivity index (χ3v) is 7.22. The highest BCUT2D eigenvalue weighted by molar-refractivity contribution is 6.31. The standard InChI is InChI=1S/C29H26ClN5O3/c1-19-16-33(21-12-14-23(15-13-21)38-22-9-4-3-5-10-22)28-31-26-25(34(28)17-19)27(36)35(29(37)32(26)2)18-20-8-6-7-11-24(20)30/h3-15,19H,16-18H2,1-2H3/t19-/m1/s1. The number of anilines is 2. The Morgan fingerprint density at radius 1 is 0.921 bits per heavy atom. The molecular weight excluding hydrogens is 502 g/mol. The molecule has 3 aromatic carbocycles. The van der Waals surface area contributed by atoms with Crippen molar-refractivity contribution in [2.24, 2.45) is 13.0 Å². The Bertz CT molecular complexity index is 1760. The van der Waals surface area contributed by atoms with Gasteiger partial charge in [0, 0.05) is 30.8 Å². The molecule has 0 bridgehead atoms. The van der Waals surface area contributed by atoms with E-state index in [-0.39, 0.29) is 18.0 Å². The van der Waals surface area contributed by atoms with Crippen LogP contribution in [0.5, 0.6) is 11.5 Å². The molecule has 38 heavy (non-hydrogen) atoms. The summed E-state index contributed by atoms with van der Waals surface area (Å²) in [5.41, 5.74) is 1.61. The van der Waals surface area contributed by atoms with Crippen LogP contribution < -0.4 is 20.9 Å². The average Bonchev–Trinajstić information content (AvgIpc) is 3.31. The van der Waals surface area contributed by atoms with Crippen LogP contribution in [-0.4, -0.2) is 25.2 Å². The minimum absolute atomic E-state index is 0.0871. The number of hydrogen-bond donors (Lipinski definition) is 0. The maximum absolute atomic E-state index is 13.7. The Labute approximate surface area is 223 Å². The number of nitrogens with zero attached hydrogens (tertiary/aromatic N) is 5. The van der Waals surface area contributed by atoms with Gasteiger partial charge in [-0.25, -0.2) is 4.79 Å². The first-order chi connectivity index (χ1) is 18.4. The van der Waals surface area contributed by atoms with Crippen LogP contribution in [0.1, 0.15) is 12.5 Å². The zero-order chi connectivity index (χ0) is 26.4. The number of aromatic nitrogens is 4. The lowest BCUT2D eigenvalue weighted by molar-refractivity contribution is 0.457. The minimum atomic E-state index is -0.431. The summed E-state index contributed by atoms with van der Waals surface area (Å²) in [6.07, 6.45) is 0. The van der Waals surface area contributed by atoms with E-state index in [2.05, 4.69) is 11.8 Å². The summed E-state index contributed by atoms with van der Waals surface area (Å²) < 4.78 is 10.6. The number of halogens is 1. The molecule has 0 amide bonds. The molecule has 0 spiro atoms. The van der Waals surface area contributed by atoms with E-state index in [0.29, 0.717) is 34.2 Å². The van der Waals surface area contributed by atoms with Crippen LogP contribution in [0.25, 0.3) is 11.2 Å². The molecule has 1 aliphatic rings. The first-order valence-corrected chi connectivity index (χ1v) is 12.8. The SMILES string of the molecule is C[C@@H]1CN(c2ccc(Oc3ccccc3)cc2)c2nc3c(c(=O)n(Cc4ccccc4Cl)c(=O)n3C)n2C1. The van der Waals surface area contributed by atoms with Gasteiger partial charge in [0.2, 0.25) is 5.95 Å². The summed E-state index contributed by atoms with van der Waals surface area (Å²) in [6.45, 7) is 3.57. The van der Waals surface area contributed by atoms with E-state index in [1.807, 2.05) is 77.4 Å². The molecule has 0 saturated heterocycles. The summed E-state index contributed by atoms with van der Waals surface area (Å²) in [7, 11) is 1.65. The monoisotopic (exact) mass is 527 g/mol. The van der Waals surface area contributed by atoms with E-state index < -0.39 is 5.69 Å². The maximum atomic E-state index is 13.7. The number of hydrogen-bond acceptors (Lipinski definition) is 5. The normalized spacial score (nSPS) is 15.0. The van der Waals surface area contributed by atoms with Gasteiger partial charge in [0.15, 0.2) is 11.2 Å².